The molecule has 1 heterocycles. The van der Waals surface area contributed by atoms with Crippen molar-refractivity contribution in [1.29, 1.82) is 0 Å². The first-order valence-corrected chi connectivity index (χ1v) is 4.09. The topological polar surface area (TPSA) is 70.3 Å². The predicted molar refractivity (Wildman–Crippen MR) is 48.1 cm³/mol. The van der Waals surface area contributed by atoms with Gasteiger partial charge in [0.05, 0.1) is 0 Å². The van der Waals surface area contributed by atoms with Crippen LogP contribution in [0.4, 0.5) is 0 Å². The largest absolute Gasteiger partial charge is 0.399 e. The molecule has 4 nitrogen and oxygen atoms in total. The van der Waals surface area contributed by atoms with Crippen molar-refractivity contribution in [3.63, 3.8) is 0 Å². The van der Waals surface area contributed by atoms with Gasteiger partial charge in [-0.1, -0.05) is 0 Å². The van der Waals surface area contributed by atoms with Crippen LogP contribution in [0.1, 0.15) is 6.42 Å². The summed E-state index contributed by atoms with van der Waals surface area (Å²) in [7, 11) is 0. The Labute approximate surface area is 72.1 Å². The second kappa shape index (κ2) is 4.66. The molecule has 1 aliphatic rings. The standard InChI is InChI=1S/C8H15N3O/c9-7-2-4-11-8(6-7)10-3-1-5-12/h2,6,10-12H,1,3-5,9H2. The molecule has 0 bridgehead atoms. The number of aliphatic hydroxyl groups is 1. The van der Waals surface area contributed by atoms with E-state index in [-0.39, 0.29) is 6.61 Å². The maximum atomic E-state index is 8.53. The smallest absolute Gasteiger partial charge is 0.101 e. The monoisotopic (exact) mass is 169 g/mol. The summed E-state index contributed by atoms with van der Waals surface area (Å²) >= 11 is 0. The minimum absolute atomic E-state index is 0.214. The van der Waals surface area contributed by atoms with Crippen LogP contribution in [0.2, 0.25) is 0 Å². The van der Waals surface area contributed by atoms with E-state index in [4.69, 9.17) is 10.8 Å². The summed E-state index contributed by atoms with van der Waals surface area (Å²) in [5, 5.41) is 14.8. The molecule has 0 radical (unpaired) electrons. The van der Waals surface area contributed by atoms with Crippen molar-refractivity contribution in [2.24, 2.45) is 5.73 Å². The molecule has 0 amide bonds. The molecule has 0 spiro atoms. The molecular weight excluding hydrogens is 154 g/mol. The Kier molecular flexibility index (Phi) is 3.47. The van der Waals surface area contributed by atoms with Crippen molar-refractivity contribution in [2.75, 3.05) is 19.7 Å². The minimum Gasteiger partial charge on any atom is -0.399 e. The Morgan fingerprint density at radius 1 is 1.67 bits per heavy atom. The molecule has 0 saturated carbocycles. The summed E-state index contributed by atoms with van der Waals surface area (Å²) in [6.07, 6.45) is 4.51. The zero-order valence-electron chi connectivity index (χ0n) is 7.01. The first-order chi connectivity index (χ1) is 5.83. The molecule has 0 aliphatic carbocycles. The fourth-order valence-corrected chi connectivity index (χ4v) is 0.971. The van der Waals surface area contributed by atoms with E-state index in [9.17, 15) is 0 Å². The average molecular weight is 169 g/mol. The van der Waals surface area contributed by atoms with Crippen molar-refractivity contribution >= 4 is 0 Å². The number of hydrogen-bond acceptors (Lipinski definition) is 4. The van der Waals surface area contributed by atoms with Gasteiger partial charge < -0.3 is 21.5 Å². The molecule has 4 heteroatoms. The van der Waals surface area contributed by atoms with Crippen molar-refractivity contribution < 1.29 is 5.11 Å². The summed E-state index contributed by atoms with van der Waals surface area (Å²) in [4.78, 5) is 0. The van der Waals surface area contributed by atoms with Gasteiger partial charge in [0.25, 0.3) is 0 Å². The van der Waals surface area contributed by atoms with Crippen molar-refractivity contribution in [1.82, 2.24) is 10.6 Å². The molecule has 5 N–H and O–H groups in total. The molecule has 0 aromatic rings. The number of nitrogens with one attached hydrogen (secondary N) is 2. The molecule has 0 atom stereocenters. The van der Waals surface area contributed by atoms with Crippen molar-refractivity contribution in [3.05, 3.63) is 23.7 Å². The van der Waals surface area contributed by atoms with Crippen LogP contribution in [0.3, 0.4) is 0 Å². The maximum Gasteiger partial charge on any atom is 0.101 e. The summed E-state index contributed by atoms with van der Waals surface area (Å²) in [5.74, 6) is 0.934. The lowest BCUT2D eigenvalue weighted by Crippen LogP contribution is -2.30. The third kappa shape index (κ3) is 2.84. The lowest BCUT2D eigenvalue weighted by atomic mass is 10.3. The van der Waals surface area contributed by atoms with E-state index in [1.165, 1.54) is 0 Å². The second-order valence-electron chi connectivity index (χ2n) is 2.65. The highest BCUT2D eigenvalue weighted by Gasteiger charge is 1.99. The highest BCUT2D eigenvalue weighted by atomic mass is 16.3. The number of nitrogens with two attached hydrogens (primary N) is 1. The Morgan fingerprint density at radius 2 is 2.50 bits per heavy atom. The summed E-state index contributed by atoms with van der Waals surface area (Å²) in [6, 6.07) is 0. The van der Waals surface area contributed by atoms with Gasteiger partial charge in [0.2, 0.25) is 0 Å². The molecule has 0 aromatic heterocycles. The zero-order valence-corrected chi connectivity index (χ0v) is 7.01. The molecular formula is C8H15N3O. The summed E-state index contributed by atoms with van der Waals surface area (Å²) in [6.45, 7) is 1.75. The molecule has 0 saturated heterocycles. The SMILES string of the molecule is NC1=CCNC(NCCCO)=C1. The number of hydrogen-bond donors (Lipinski definition) is 4. The van der Waals surface area contributed by atoms with E-state index in [1.807, 2.05) is 12.2 Å². The van der Waals surface area contributed by atoms with Crippen LogP contribution < -0.4 is 16.4 Å². The van der Waals surface area contributed by atoms with Crippen LogP contribution in [0, 0.1) is 0 Å². The first-order valence-electron chi connectivity index (χ1n) is 4.09. The number of rotatable bonds is 4. The molecule has 1 aliphatic heterocycles. The van der Waals surface area contributed by atoms with Crippen LogP contribution in [-0.2, 0) is 0 Å². The van der Waals surface area contributed by atoms with E-state index in [0.717, 1.165) is 31.0 Å². The number of dihydropyridines is 1. The van der Waals surface area contributed by atoms with Crippen LogP contribution in [0.25, 0.3) is 0 Å². The van der Waals surface area contributed by atoms with Gasteiger partial charge in [0, 0.05) is 31.5 Å². The lowest BCUT2D eigenvalue weighted by Gasteiger charge is -2.15. The van der Waals surface area contributed by atoms with Gasteiger partial charge in [-0.05, 0) is 12.5 Å². The third-order valence-electron chi connectivity index (χ3n) is 1.59. The quantitative estimate of drug-likeness (QED) is 0.418. The maximum absolute atomic E-state index is 8.53. The Balaban J connectivity index is 2.27. The van der Waals surface area contributed by atoms with Gasteiger partial charge in [0.1, 0.15) is 5.82 Å². The molecule has 0 unspecified atom stereocenters. The second-order valence-corrected chi connectivity index (χ2v) is 2.65. The summed E-state index contributed by atoms with van der Waals surface area (Å²) in [5.41, 5.74) is 6.36. The molecule has 0 fully saturated rings. The lowest BCUT2D eigenvalue weighted by molar-refractivity contribution is 0.287. The van der Waals surface area contributed by atoms with Gasteiger partial charge in [-0.15, -0.1) is 0 Å². The van der Waals surface area contributed by atoms with Gasteiger partial charge in [-0.3, -0.25) is 0 Å². The average Bonchev–Trinajstić information content (AvgIpc) is 2.05. The van der Waals surface area contributed by atoms with E-state index in [2.05, 4.69) is 10.6 Å². The van der Waals surface area contributed by atoms with E-state index < -0.39 is 0 Å². The Hall–Kier alpha value is -1.16. The third-order valence-corrected chi connectivity index (χ3v) is 1.59. The van der Waals surface area contributed by atoms with Crippen LogP contribution in [0.5, 0.6) is 0 Å². The Morgan fingerprint density at radius 3 is 3.17 bits per heavy atom. The number of allylic oxidation sites excluding steroid dienone is 1. The predicted octanol–water partition coefficient (Wildman–Crippen LogP) is -0.754. The Bertz CT molecular complexity index is 198. The highest BCUT2D eigenvalue weighted by molar-refractivity contribution is 5.23. The minimum atomic E-state index is 0.214. The van der Waals surface area contributed by atoms with Crippen LogP contribution in [-0.4, -0.2) is 24.8 Å². The van der Waals surface area contributed by atoms with Gasteiger partial charge in [-0.2, -0.15) is 0 Å². The van der Waals surface area contributed by atoms with E-state index in [1.54, 1.807) is 0 Å². The molecule has 12 heavy (non-hydrogen) atoms. The van der Waals surface area contributed by atoms with Crippen molar-refractivity contribution in [2.45, 2.75) is 6.42 Å². The van der Waals surface area contributed by atoms with E-state index in [0.29, 0.717) is 0 Å². The molecule has 68 valence electrons. The first kappa shape index (κ1) is 8.93. The fraction of sp³-hybridized carbons (Fsp3) is 0.500. The molecule has 0 aromatic carbocycles. The normalized spacial score (nSPS) is 16.1. The van der Waals surface area contributed by atoms with Crippen molar-refractivity contribution in [3.8, 4) is 0 Å². The van der Waals surface area contributed by atoms with Crippen LogP contribution >= 0.6 is 0 Å². The molecule has 1 rings (SSSR count). The highest BCUT2D eigenvalue weighted by Crippen LogP contribution is 1.96. The van der Waals surface area contributed by atoms with E-state index >= 15 is 0 Å². The number of aliphatic hydroxyl groups excluding tert-OH is 1. The zero-order chi connectivity index (χ0) is 8.81. The van der Waals surface area contributed by atoms with Crippen LogP contribution in [0.15, 0.2) is 23.7 Å². The fourth-order valence-electron chi connectivity index (χ4n) is 0.971. The summed E-state index contributed by atoms with van der Waals surface area (Å²) < 4.78 is 0. The van der Waals surface area contributed by atoms with Gasteiger partial charge >= 0.3 is 0 Å². The van der Waals surface area contributed by atoms with Gasteiger partial charge in [0.15, 0.2) is 0 Å². The van der Waals surface area contributed by atoms with Gasteiger partial charge in [-0.25, -0.2) is 0 Å².